The van der Waals surface area contributed by atoms with Gasteiger partial charge in [-0.05, 0) is 0 Å². The summed E-state index contributed by atoms with van der Waals surface area (Å²) >= 11 is -1.08. The van der Waals surface area contributed by atoms with E-state index in [4.69, 9.17) is 8.42 Å². The Hall–Kier alpha value is 0.638. The maximum absolute atomic E-state index is 8.35. The Morgan fingerprint density at radius 1 is 1.25 bits per heavy atom. The van der Waals surface area contributed by atoms with Crippen molar-refractivity contribution in [3.05, 3.63) is 0 Å². The zero-order valence-electron chi connectivity index (χ0n) is 1.67. The van der Waals surface area contributed by atoms with E-state index in [9.17, 15) is 0 Å². The van der Waals surface area contributed by atoms with Gasteiger partial charge in [-0.1, -0.05) is 11.6 Å². The molecule has 0 aliphatic rings. The summed E-state index contributed by atoms with van der Waals surface area (Å²) in [4.78, 5) is 0. The molecule has 0 aromatic carbocycles. The van der Waals surface area contributed by atoms with Gasteiger partial charge in [0, 0.05) is 21.1 Å². The van der Waals surface area contributed by atoms with Crippen LogP contribution in [0.4, 0.5) is 0 Å². The second-order valence-electron chi connectivity index (χ2n) is 0.0745. The van der Waals surface area contributed by atoms with E-state index in [0.29, 0.717) is 0 Å². The van der Waals surface area contributed by atoms with Crippen molar-refractivity contribution < 1.29 is 29.5 Å². The molecule has 0 aliphatic carbocycles. The van der Waals surface area contributed by atoms with Gasteiger partial charge in [-0.3, -0.25) is 0 Å². The first kappa shape index (κ1) is 8.82. The molecule has 0 aromatic heterocycles. The van der Waals surface area contributed by atoms with Crippen molar-refractivity contribution in [2.45, 2.75) is 0 Å². The predicted octanol–water partition coefficient (Wildman–Crippen LogP) is -0.510. The third-order valence-corrected chi connectivity index (χ3v) is 0. The Morgan fingerprint density at radius 2 is 1.25 bits per heavy atom. The third kappa shape index (κ3) is 17.4. The summed E-state index contributed by atoms with van der Waals surface area (Å²) < 4.78 is 16.7. The zero-order valence-corrected chi connectivity index (χ0v) is 5.50. The topological polar surface area (TPSA) is 34.1 Å². The molecule has 0 rings (SSSR count). The summed E-state index contributed by atoms with van der Waals surface area (Å²) in [6.45, 7) is 0. The minimum absolute atomic E-state index is 0. The largest absolute Gasteiger partial charge is 0.427 e. The molecule has 4 heavy (non-hydrogen) atoms. The van der Waals surface area contributed by atoms with Gasteiger partial charge in [0.1, 0.15) is 0 Å². The summed E-state index contributed by atoms with van der Waals surface area (Å²) in [5.41, 5.74) is 0. The van der Waals surface area contributed by atoms with Crippen molar-refractivity contribution in [2.24, 2.45) is 0 Å². The van der Waals surface area contributed by atoms with E-state index in [2.05, 4.69) is 0 Å². The molecule has 0 unspecified atom stereocenters. The molecular weight excluding hydrogens is 248 g/mol. The first-order chi connectivity index (χ1) is 1.41. The summed E-state index contributed by atoms with van der Waals surface area (Å²) in [6.07, 6.45) is 0. The first-order valence-corrected chi connectivity index (χ1v) is 1.10. The molecule has 0 aliphatic heterocycles. The van der Waals surface area contributed by atoms with Crippen LogP contribution < -0.4 is 0 Å². The Kier molecular flexibility index (Phi) is 20.8. The molecule has 4 heteroatoms. The van der Waals surface area contributed by atoms with Crippen LogP contribution in [0.3, 0.4) is 0 Å². The van der Waals surface area contributed by atoms with E-state index in [1.54, 1.807) is 0 Å². The van der Waals surface area contributed by atoms with Crippen molar-refractivity contribution in [3.8, 4) is 0 Å². The predicted molar refractivity (Wildman–Crippen MR) is 10.1 cm³/mol. The summed E-state index contributed by atoms with van der Waals surface area (Å²) in [5.74, 6) is 0. The maximum Gasteiger partial charge on any atom is 0 e. The third-order valence-electron chi connectivity index (χ3n) is 0. The fourth-order valence-corrected chi connectivity index (χ4v) is 0. The fraction of sp³-hybridized carbons (Fsp3) is 0. The second kappa shape index (κ2) is 9.44. The van der Waals surface area contributed by atoms with Crippen LogP contribution in [0.15, 0.2) is 0 Å². The van der Waals surface area contributed by atoms with Crippen LogP contribution in [0.1, 0.15) is 0 Å². The van der Waals surface area contributed by atoms with Gasteiger partial charge < -0.3 is 8.42 Å². The summed E-state index contributed by atoms with van der Waals surface area (Å²) in [6, 6.07) is 0. The van der Waals surface area contributed by atoms with Crippen LogP contribution in [0.25, 0.3) is 0 Å². The SMILES string of the molecule is O=[SH-]=O.[W]. The monoisotopic (exact) mass is 249 g/mol. The number of thiol groups is 1. The summed E-state index contributed by atoms with van der Waals surface area (Å²) in [7, 11) is 0. The molecule has 0 N–H and O–H groups in total. The van der Waals surface area contributed by atoms with E-state index in [1.807, 2.05) is 0 Å². The van der Waals surface area contributed by atoms with Crippen molar-refractivity contribution >= 4 is 11.6 Å². The number of rotatable bonds is 0. The van der Waals surface area contributed by atoms with E-state index in [-0.39, 0.29) is 21.1 Å². The quantitative estimate of drug-likeness (QED) is 0.428. The van der Waals surface area contributed by atoms with E-state index >= 15 is 0 Å². The molecule has 0 amide bonds. The van der Waals surface area contributed by atoms with Crippen LogP contribution in [0, 0.1) is 0 Å². The molecule has 0 spiro atoms. The Morgan fingerprint density at radius 3 is 1.25 bits per heavy atom. The van der Waals surface area contributed by atoms with Gasteiger partial charge in [-0.25, -0.2) is 0 Å². The fourth-order valence-electron chi connectivity index (χ4n) is 0. The molecule has 26 valence electrons. The zero-order chi connectivity index (χ0) is 2.71. The van der Waals surface area contributed by atoms with E-state index in [0.717, 1.165) is 0 Å². The standard InChI is InChI=1S/HO2S.W/c1-3-2;/h3H;/q-1;. The minimum Gasteiger partial charge on any atom is -0.427 e. The van der Waals surface area contributed by atoms with Crippen molar-refractivity contribution in [2.75, 3.05) is 0 Å². The van der Waals surface area contributed by atoms with Crippen LogP contribution in [0.2, 0.25) is 0 Å². The molecule has 0 saturated heterocycles. The Labute approximate surface area is 41.5 Å². The molecule has 0 saturated carbocycles. The van der Waals surface area contributed by atoms with Gasteiger partial charge in [0.2, 0.25) is 0 Å². The Balaban J connectivity index is 0. The van der Waals surface area contributed by atoms with Crippen LogP contribution in [-0.4, -0.2) is 0 Å². The molecule has 0 fully saturated rings. The smallest absolute Gasteiger partial charge is 0 e. The van der Waals surface area contributed by atoms with Gasteiger partial charge in [-0.2, -0.15) is 0 Å². The van der Waals surface area contributed by atoms with Crippen molar-refractivity contribution in [1.82, 2.24) is 0 Å². The van der Waals surface area contributed by atoms with Crippen molar-refractivity contribution in [1.29, 1.82) is 0 Å². The average Bonchev–Trinajstić information content (AvgIpc) is 0.918. The second-order valence-corrected chi connectivity index (χ2v) is 0.224. The number of hydrogen-bond acceptors (Lipinski definition) is 3. The molecule has 0 atom stereocenters. The van der Waals surface area contributed by atoms with Gasteiger partial charge in [-0.15, -0.1) is 0 Å². The Bertz CT molecular complexity index is 27.0. The first-order valence-electron chi connectivity index (χ1n) is 0.365. The molecule has 0 radical (unpaired) electrons. The average molecular weight is 249 g/mol. The van der Waals surface area contributed by atoms with Crippen LogP contribution >= 0.6 is 0 Å². The van der Waals surface area contributed by atoms with E-state index < -0.39 is 11.6 Å². The minimum atomic E-state index is -1.08. The molecule has 2 nitrogen and oxygen atoms in total. The maximum atomic E-state index is 8.35. The van der Waals surface area contributed by atoms with Crippen LogP contribution in [0.5, 0.6) is 0 Å². The molecule has 0 aromatic rings. The molecule has 0 heterocycles. The van der Waals surface area contributed by atoms with Gasteiger partial charge in [0.25, 0.3) is 0 Å². The number of hydrogen-bond donors (Lipinski definition) is 0. The normalized spacial score (nSPS) is 4.00. The van der Waals surface area contributed by atoms with Gasteiger partial charge >= 0.3 is 0 Å². The van der Waals surface area contributed by atoms with Gasteiger partial charge in [0.15, 0.2) is 0 Å². The van der Waals surface area contributed by atoms with Gasteiger partial charge in [0.05, 0.1) is 0 Å². The van der Waals surface area contributed by atoms with E-state index in [1.165, 1.54) is 0 Å². The van der Waals surface area contributed by atoms with Crippen molar-refractivity contribution in [3.63, 3.8) is 0 Å². The summed E-state index contributed by atoms with van der Waals surface area (Å²) in [5, 5.41) is 0. The van der Waals surface area contributed by atoms with Crippen LogP contribution in [-0.2, 0) is 41.1 Å². The molecular formula is HO2SW-. The molecule has 0 bridgehead atoms.